The molecule has 0 radical (unpaired) electrons. The number of thiophene rings is 1. The fraction of sp³-hybridized carbons (Fsp3) is 0.625. The predicted molar refractivity (Wildman–Crippen MR) is 102 cm³/mol. The molecule has 0 bridgehead atoms. The minimum Gasteiger partial charge on any atom is -0.383 e. The van der Waals surface area contributed by atoms with Crippen molar-refractivity contribution in [2.45, 2.75) is 20.0 Å². The average molecular weight is 402 g/mol. The standard InChI is InChI=1S/C16H23N3O5S2/c1-12-11-25-15-13(12)14(20)18(16(21)19(15)5-8-24-2)4-3-17-6-9-26(22,23)10-7-17/h11H,3-10H2,1-2H3. The van der Waals surface area contributed by atoms with Gasteiger partial charge in [0.2, 0.25) is 0 Å². The van der Waals surface area contributed by atoms with Crippen molar-refractivity contribution >= 4 is 31.4 Å². The number of ether oxygens (including phenoxy) is 1. The van der Waals surface area contributed by atoms with Gasteiger partial charge in [0.15, 0.2) is 9.84 Å². The summed E-state index contributed by atoms with van der Waals surface area (Å²) in [5, 5.41) is 2.46. The van der Waals surface area contributed by atoms with Crippen LogP contribution in [0.25, 0.3) is 10.2 Å². The summed E-state index contributed by atoms with van der Waals surface area (Å²) in [7, 11) is -1.38. The molecule has 1 fully saturated rings. The molecule has 0 aliphatic carbocycles. The Bertz CT molecular complexity index is 1000. The Morgan fingerprint density at radius 3 is 2.46 bits per heavy atom. The van der Waals surface area contributed by atoms with Crippen molar-refractivity contribution in [2.75, 3.05) is 44.9 Å². The summed E-state index contributed by atoms with van der Waals surface area (Å²) in [5.41, 5.74) is 0.243. The van der Waals surface area contributed by atoms with E-state index in [1.165, 1.54) is 15.9 Å². The van der Waals surface area contributed by atoms with Gasteiger partial charge in [-0.05, 0) is 17.9 Å². The Balaban J connectivity index is 1.91. The van der Waals surface area contributed by atoms with Gasteiger partial charge >= 0.3 is 5.69 Å². The van der Waals surface area contributed by atoms with Crippen molar-refractivity contribution in [2.24, 2.45) is 0 Å². The second-order valence-electron chi connectivity index (χ2n) is 6.48. The Labute approximate surface area is 155 Å². The smallest absolute Gasteiger partial charge is 0.332 e. The van der Waals surface area contributed by atoms with Crippen molar-refractivity contribution in [1.29, 1.82) is 0 Å². The molecule has 144 valence electrons. The van der Waals surface area contributed by atoms with Crippen LogP contribution < -0.4 is 11.2 Å². The third-order valence-electron chi connectivity index (χ3n) is 4.72. The van der Waals surface area contributed by atoms with Crippen LogP contribution in [0, 0.1) is 6.92 Å². The fourth-order valence-electron chi connectivity index (χ4n) is 3.14. The number of nitrogens with zero attached hydrogens (tertiary/aromatic N) is 3. The lowest BCUT2D eigenvalue weighted by Crippen LogP contribution is -2.46. The van der Waals surface area contributed by atoms with Crippen LogP contribution in [0.2, 0.25) is 0 Å². The van der Waals surface area contributed by atoms with Gasteiger partial charge < -0.3 is 4.74 Å². The zero-order valence-corrected chi connectivity index (χ0v) is 16.6. The second-order valence-corrected chi connectivity index (χ2v) is 9.64. The van der Waals surface area contributed by atoms with E-state index in [-0.39, 0.29) is 29.3 Å². The molecule has 1 aliphatic rings. The van der Waals surface area contributed by atoms with E-state index in [4.69, 9.17) is 4.74 Å². The highest BCUT2D eigenvalue weighted by Gasteiger charge is 2.22. The first-order chi connectivity index (χ1) is 12.3. The van der Waals surface area contributed by atoms with Crippen molar-refractivity contribution in [3.8, 4) is 0 Å². The van der Waals surface area contributed by atoms with Crippen LogP contribution in [-0.4, -0.2) is 67.3 Å². The lowest BCUT2D eigenvalue weighted by atomic mass is 10.2. The molecule has 1 aliphatic heterocycles. The number of methoxy groups -OCH3 is 1. The average Bonchev–Trinajstić information content (AvgIpc) is 2.98. The van der Waals surface area contributed by atoms with Gasteiger partial charge in [0, 0.05) is 33.3 Å². The van der Waals surface area contributed by atoms with Gasteiger partial charge in [-0.25, -0.2) is 13.2 Å². The van der Waals surface area contributed by atoms with Crippen LogP contribution in [0.1, 0.15) is 5.56 Å². The molecule has 0 aromatic carbocycles. The van der Waals surface area contributed by atoms with Crippen LogP contribution in [0.3, 0.4) is 0 Å². The molecule has 8 nitrogen and oxygen atoms in total. The summed E-state index contributed by atoms with van der Waals surface area (Å²) in [6.45, 7) is 4.23. The molecule has 2 aromatic rings. The maximum absolute atomic E-state index is 12.9. The number of aromatic nitrogens is 2. The molecule has 0 spiro atoms. The van der Waals surface area contributed by atoms with Crippen molar-refractivity contribution in [1.82, 2.24) is 14.0 Å². The number of aryl methyl sites for hydroxylation is 1. The van der Waals surface area contributed by atoms with Gasteiger partial charge in [-0.1, -0.05) is 0 Å². The summed E-state index contributed by atoms with van der Waals surface area (Å²) < 4.78 is 31.0. The van der Waals surface area contributed by atoms with Gasteiger partial charge in [-0.2, -0.15) is 0 Å². The summed E-state index contributed by atoms with van der Waals surface area (Å²) in [4.78, 5) is 28.4. The lowest BCUT2D eigenvalue weighted by Gasteiger charge is -2.26. The van der Waals surface area contributed by atoms with E-state index in [1.807, 2.05) is 17.2 Å². The van der Waals surface area contributed by atoms with E-state index in [9.17, 15) is 18.0 Å². The Hall–Kier alpha value is -1.49. The maximum Gasteiger partial charge on any atom is 0.332 e. The first kappa shape index (κ1) is 19.3. The number of fused-ring (bicyclic) bond motifs is 1. The highest BCUT2D eigenvalue weighted by atomic mass is 32.2. The zero-order chi connectivity index (χ0) is 18.9. The van der Waals surface area contributed by atoms with Gasteiger partial charge in [0.1, 0.15) is 4.83 Å². The zero-order valence-electron chi connectivity index (χ0n) is 14.9. The molecule has 0 amide bonds. The van der Waals surface area contributed by atoms with Crippen LogP contribution in [-0.2, 0) is 27.7 Å². The Kier molecular flexibility index (Phi) is 5.66. The quantitative estimate of drug-likeness (QED) is 0.672. The first-order valence-electron chi connectivity index (χ1n) is 8.47. The third-order valence-corrected chi connectivity index (χ3v) is 7.45. The SMILES string of the molecule is COCCn1c(=O)n(CCN2CCS(=O)(=O)CC2)c(=O)c2c(C)csc21. The Morgan fingerprint density at radius 2 is 1.81 bits per heavy atom. The van der Waals surface area contributed by atoms with E-state index in [0.717, 1.165) is 5.56 Å². The van der Waals surface area contributed by atoms with Crippen molar-refractivity contribution in [3.05, 3.63) is 31.8 Å². The van der Waals surface area contributed by atoms with Crippen LogP contribution in [0.15, 0.2) is 15.0 Å². The molecule has 0 N–H and O–H groups in total. The summed E-state index contributed by atoms with van der Waals surface area (Å²) in [6.07, 6.45) is 0. The van der Waals surface area contributed by atoms with Crippen molar-refractivity contribution < 1.29 is 13.2 Å². The molecule has 3 heterocycles. The highest BCUT2D eigenvalue weighted by molar-refractivity contribution is 7.91. The molecule has 2 aromatic heterocycles. The van der Waals surface area contributed by atoms with Crippen LogP contribution >= 0.6 is 11.3 Å². The maximum atomic E-state index is 12.9. The van der Waals surface area contributed by atoms with E-state index in [2.05, 4.69) is 0 Å². The summed E-state index contributed by atoms with van der Waals surface area (Å²) >= 11 is 1.39. The number of hydrogen-bond donors (Lipinski definition) is 0. The fourth-order valence-corrected chi connectivity index (χ4v) is 5.48. The number of rotatable bonds is 6. The molecular formula is C16H23N3O5S2. The molecule has 3 rings (SSSR count). The van der Waals surface area contributed by atoms with E-state index in [0.29, 0.717) is 43.0 Å². The van der Waals surface area contributed by atoms with Crippen LogP contribution in [0.5, 0.6) is 0 Å². The normalized spacial score (nSPS) is 17.8. The molecule has 0 unspecified atom stereocenters. The van der Waals surface area contributed by atoms with E-state index < -0.39 is 9.84 Å². The van der Waals surface area contributed by atoms with Gasteiger partial charge in [-0.3, -0.25) is 18.8 Å². The van der Waals surface area contributed by atoms with E-state index >= 15 is 0 Å². The summed E-state index contributed by atoms with van der Waals surface area (Å²) in [6, 6.07) is 0. The molecule has 0 saturated carbocycles. The molecule has 1 saturated heterocycles. The highest BCUT2D eigenvalue weighted by Crippen LogP contribution is 2.21. The first-order valence-corrected chi connectivity index (χ1v) is 11.2. The second kappa shape index (κ2) is 7.63. The number of sulfone groups is 1. The van der Waals surface area contributed by atoms with Gasteiger partial charge in [-0.15, -0.1) is 11.3 Å². The molecular weight excluding hydrogens is 378 g/mol. The molecule has 0 atom stereocenters. The Morgan fingerprint density at radius 1 is 1.12 bits per heavy atom. The third kappa shape index (κ3) is 3.78. The predicted octanol–water partition coefficient (Wildman–Crippen LogP) is -0.0901. The largest absolute Gasteiger partial charge is 0.383 e. The minimum atomic E-state index is -2.95. The van der Waals surface area contributed by atoms with Crippen molar-refractivity contribution in [3.63, 3.8) is 0 Å². The monoisotopic (exact) mass is 401 g/mol. The summed E-state index contributed by atoms with van der Waals surface area (Å²) in [5.74, 6) is 0.255. The molecule has 10 heteroatoms. The number of hydrogen-bond acceptors (Lipinski definition) is 7. The minimum absolute atomic E-state index is 0.128. The topological polar surface area (TPSA) is 90.6 Å². The molecule has 26 heavy (non-hydrogen) atoms. The van der Waals surface area contributed by atoms with Gasteiger partial charge in [0.25, 0.3) is 5.56 Å². The van der Waals surface area contributed by atoms with Gasteiger partial charge in [0.05, 0.1) is 30.0 Å². The van der Waals surface area contributed by atoms with E-state index in [1.54, 1.807) is 11.7 Å². The van der Waals surface area contributed by atoms with Crippen LogP contribution in [0.4, 0.5) is 0 Å². The lowest BCUT2D eigenvalue weighted by molar-refractivity contribution is 0.186.